The molecule has 0 aromatic carbocycles. The standard InChI is InChI=1S/C9H19IN2/c1-12(8-2-5-10)9-3-6-11-7-4-9/h9,11H,2-8H2,1H3. The first kappa shape index (κ1) is 10.7. The van der Waals surface area contributed by atoms with Gasteiger partial charge in [0, 0.05) is 10.5 Å². The average molecular weight is 282 g/mol. The first-order valence-electron chi connectivity index (χ1n) is 4.81. The van der Waals surface area contributed by atoms with Crippen molar-refractivity contribution >= 4 is 22.6 Å². The summed E-state index contributed by atoms with van der Waals surface area (Å²) in [7, 11) is 2.27. The van der Waals surface area contributed by atoms with Crippen molar-refractivity contribution in [2.45, 2.75) is 25.3 Å². The number of piperidine rings is 1. The molecule has 0 atom stereocenters. The molecule has 0 aromatic heterocycles. The van der Waals surface area contributed by atoms with Crippen LogP contribution in [0.3, 0.4) is 0 Å². The van der Waals surface area contributed by atoms with Gasteiger partial charge in [-0.1, -0.05) is 22.6 Å². The minimum Gasteiger partial charge on any atom is -0.317 e. The van der Waals surface area contributed by atoms with E-state index in [9.17, 15) is 0 Å². The Labute approximate surface area is 89.2 Å². The van der Waals surface area contributed by atoms with E-state index >= 15 is 0 Å². The van der Waals surface area contributed by atoms with Crippen molar-refractivity contribution in [3.05, 3.63) is 0 Å². The Morgan fingerprint density at radius 1 is 1.42 bits per heavy atom. The molecule has 12 heavy (non-hydrogen) atoms. The number of hydrogen-bond donors (Lipinski definition) is 1. The van der Waals surface area contributed by atoms with Crippen LogP contribution in [0.5, 0.6) is 0 Å². The van der Waals surface area contributed by atoms with Gasteiger partial charge >= 0.3 is 0 Å². The fraction of sp³-hybridized carbons (Fsp3) is 1.00. The number of halogens is 1. The molecule has 2 nitrogen and oxygen atoms in total. The molecule has 1 aliphatic rings. The van der Waals surface area contributed by atoms with E-state index in [-0.39, 0.29) is 0 Å². The highest BCUT2D eigenvalue weighted by Crippen LogP contribution is 2.10. The normalized spacial score (nSPS) is 20.2. The molecule has 3 heteroatoms. The lowest BCUT2D eigenvalue weighted by atomic mass is 10.1. The van der Waals surface area contributed by atoms with Gasteiger partial charge in [-0.3, -0.25) is 0 Å². The first-order chi connectivity index (χ1) is 5.84. The van der Waals surface area contributed by atoms with Crippen LogP contribution in [0.2, 0.25) is 0 Å². The van der Waals surface area contributed by atoms with Crippen molar-refractivity contribution in [1.29, 1.82) is 0 Å². The summed E-state index contributed by atoms with van der Waals surface area (Å²) in [6.45, 7) is 3.69. The van der Waals surface area contributed by atoms with E-state index in [1.54, 1.807) is 0 Å². The maximum Gasteiger partial charge on any atom is 0.0116 e. The number of nitrogens with zero attached hydrogens (tertiary/aromatic N) is 1. The molecule has 0 aliphatic carbocycles. The van der Waals surface area contributed by atoms with Crippen LogP contribution in [0, 0.1) is 0 Å². The number of hydrogen-bond acceptors (Lipinski definition) is 2. The molecule has 1 fully saturated rings. The summed E-state index contributed by atoms with van der Waals surface area (Å²) in [4.78, 5) is 2.53. The molecule has 0 bridgehead atoms. The van der Waals surface area contributed by atoms with Crippen molar-refractivity contribution < 1.29 is 0 Å². The van der Waals surface area contributed by atoms with Gasteiger partial charge in [0.25, 0.3) is 0 Å². The minimum atomic E-state index is 0.842. The van der Waals surface area contributed by atoms with Crippen molar-refractivity contribution in [3.63, 3.8) is 0 Å². The Hall–Kier alpha value is 0.650. The monoisotopic (exact) mass is 282 g/mol. The van der Waals surface area contributed by atoms with E-state index in [2.05, 4.69) is 39.9 Å². The molecule has 1 saturated heterocycles. The lowest BCUT2D eigenvalue weighted by Crippen LogP contribution is -2.41. The van der Waals surface area contributed by atoms with Crippen molar-refractivity contribution in [3.8, 4) is 0 Å². The topological polar surface area (TPSA) is 15.3 Å². The maximum absolute atomic E-state index is 3.40. The summed E-state index contributed by atoms with van der Waals surface area (Å²) in [5.74, 6) is 0. The second kappa shape index (κ2) is 6.16. The van der Waals surface area contributed by atoms with Gasteiger partial charge in [-0.2, -0.15) is 0 Å². The number of nitrogens with one attached hydrogen (secondary N) is 1. The smallest absolute Gasteiger partial charge is 0.0116 e. The van der Waals surface area contributed by atoms with Crippen LogP contribution in [-0.2, 0) is 0 Å². The molecule has 0 spiro atoms. The fourth-order valence-electron chi connectivity index (χ4n) is 1.74. The molecule has 1 rings (SSSR count). The highest BCUT2D eigenvalue weighted by Gasteiger charge is 2.16. The van der Waals surface area contributed by atoms with Crippen LogP contribution in [0.25, 0.3) is 0 Å². The average Bonchev–Trinajstić information content (AvgIpc) is 2.15. The van der Waals surface area contributed by atoms with Crippen LogP contribution in [0.1, 0.15) is 19.3 Å². The van der Waals surface area contributed by atoms with Crippen LogP contribution < -0.4 is 5.32 Å². The number of rotatable bonds is 4. The highest BCUT2D eigenvalue weighted by atomic mass is 127. The zero-order valence-corrected chi connectivity index (χ0v) is 10.0. The first-order valence-corrected chi connectivity index (χ1v) is 6.34. The van der Waals surface area contributed by atoms with Crippen LogP contribution in [0.15, 0.2) is 0 Å². The van der Waals surface area contributed by atoms with E-state index in [0.717, 1.165) is 6.04 Å². The van der Waals surface area contributed by atoms with E-state index in [4.69, 9.17) is 0 Å². The predicted molar refractivity (Wildman–Crippen MR) is 62.0 cm³/mol. The molecule has 0 unspecified atom stereocenters. The molecule has 0 saturated carbocycles. The van der Waals surface area contributed by atoms with Gasteiger partial charge in [0.1, 0.15) is 0 Å². The van der Waals surface area contributed by atoms with E-state index < -0.39 is 0 Å². The summed E-state index contributed by atoms with van der Waals surface area (Å²) in [5.41, 5.74) is 0. The molecular formula is C9H19IN2. The molecule has 1 aliphatic heterocycles. The van der Waals surface area contributed by atoms with Crippen molar-refractivity contribution in [2.75, 3.05) is 31.1 Å². The Balaban J connectivity index is 2.15. The maximum atomic E-state index is 3.40. The molecule has 72 valence electrons. The lowest BCUT2D eigenvalue weighted by molar-refractivity contribution is 0.200. The quantitative estimate of drug-likeness (QED) is 0.621. The summed E-state index contributed by atoms with van der Waals surface area (Å²) in [6.07, 6.45) is 4.00. The number of alkyl halides is 1. The van der Waals surface area contributed by atoms with Crippen molar-refractivity contribution in [1.82, 2.24) is 10.2 Å². The summed E-state index contributed by atoms with van der Waals surface area (Å²) >= 11 is 2.45. The van der Waals surface area contributed by atoms with Gasteiger partial charge in [0.15, 0.2) is 0 Å². The molecular weight excluding hydrogens is 263 g/mol. The lowest BCUT2D eigenvalue weighted by Gasteiger charge is -2.31. The summed E-state index contributed by atoms with van der Waals surface area (Å²) in [6, 6.07) is 0.842. The fourth-order valence-corrected chi connectivity index (χ4v) is 2.08. The van der Waals surface area contributed by atoms with E-state index in [0.29, 0.717) is 0 Å². The predicted octanol–water partition coefficient (Wildman–Crippen LogP) is 1.50. The van der Waals surface area contributed by atoms with Gasteiger partial charge in [-0.25, -0.2) is 0 Å². The largest absolute Gasteiger partial charge is 0.317 e. The van der Waals surface area contributed by atoms with E-state index in [1.807, 2.05) is 0 Å². The van der Waals surface area contributed by atoms with Crippen LogP contribution >= 0.6 is 22.6 Å². The molecule has 1 N–H and O–H groups in total. The van der Waals surface area contributed by atoms with Crippen LogP contribution in [-0.4, -0.2) is 42.1 Å². The van der Waals surface area contributed by atoms with Gasteiger partial charge in [-0.05, 0) is 45.9 Å². The third-order valence-electron chi connectivity index (χ3n) is 2.58. The molecule has 0 aromatic rings. The van der Waals surface area contributed by atoms with Gasteiger partial charge < -0.3 is 10.2 Å². The summed E-state index contributed by atoms with van der Waals surface area (Å²) in [5, 5.41) is 3.40. The molecule has 1 heterocycles. The zero-order chi connectivity index (χ0) is 8.81. The van der Waals surface area contributed by atoms with Gasteiger partial charge in [0.05, 0.1) is 0 Å². The molecule has 0 radical (unpaired) electrons. The van der Waals surface area contributed by atoms with E-state index in [1.165, 1.54) is 43.3 Å². The Morgan fingerprint density at radius 2 is 2.08 bits per heavy atom. The van der Waals surface area contributed by atoms with Crippen molar-refractivity contribution in [2.24, 2.45) is 0 Å². The zero-order valence-electron chi connectivity index (χ0n) is 7.85. The minimum absolute atomic E-state index is 0.842. The SMILES string of the molecule is CN(CCCI)C1CCNCC1. The van der Waals surface area contributed by atoms with Gasteiger partial charge in [-0.15, -0.1) is 0 Å². The molecule has 0 amide bonds. The Bertz CT molecular complexity index is 113. The third-order valence-corrected chi connectivity index (χ3v) is 3.34. The Kier molecular flexibility index (Phi) is 5.50. The summed E-state index contributed by atoms with van der Waals surface area (Å²) < 4.78 is 1.28. The highest BCUT2D eigenvalue weighted by molar-refractivity contribution is 14.1. The second-order valence-corrected chi connectivity index (χ2v) is 4.58. The Morgan fingerprint density at radius 3 is 2.67 bits per heavy atom. The third kappa shape index (κ3) is 3.58. The van der Waals surface area contributed by atoms with Crippen LogP contribution in [0.4, 0.5) is 0 Å². The second-order valence-electron chi connectivity index (χ2n) is 3.50. The van der Waals surface area contributed by atoms with Gasteiger partial charge in [0.2, 0.25) is 0 Å².